The van der Waals surface area contributed by atoms with Crippen molar-refractivity contribution in [2.75, 3.05) is 17.7 Å². The summed E-state index contributed by atoms with van der Waals surface area (Å²) >= 11 is 5.83. The van der Waals surface area contributed by atoms with Gasteiger partial charge in [-0.15, -0.1) is 0 Å². The van der Waals surface area contributed by atoms with Gasteiger partial charge in [-0.1, -0.05) is 11.6 Å². The Balaban J connectivity index is 2.07. The fourth-order valence-corrected chi connectivity index (χ4v) is 2.03. The molecule has 0 bridgehead atoms. The van der Waals surface area contributed by atoms with Crippen molar-refractivity contribution in [3.63, 3.8) is 0 Å². The smallest absolute Gasteiger partial charge is 0.226 e. The van der Waals surface area contributed by atoms with Crippen LogP contribution in [0, 0.1) is 5.82 Å². The summed E-state index contributed by atoms with van der Waals surface area (Å²) in [6, 6.07) is 4.18. The van der Waals surface area contributed by atoms with E-state index in [4.69, 9.17) is 11.6 Å². The number of fused-ring (bicyclic) bond motifs is 1. The van der Waals surface area contributed by atoms with Crippen LogP contribution < -0.4 is 10.6 Å². The lowest BCUT2D eigenvalue weighted by Gasteiger charge is -2.08. The Morgan fingerprint density at radius 1 is 1.25 bits per heavy atom. The molecule has 8 heteroatoms. The van der Waals surface area contributed by atoms with E-state index in [1.165, 1.54) is 12.1 Å². The molecular formula is C12H10ClFN6. The Morgan fingerprint density at radius 2 is 2.10 bits per heavy atom. The molecule has 3 aromatic rings. The number of benzene rings is 1. The Morgan fingerprint density at radius 3 is 2.85 bits per heavy atom. The van der Waals surface area contributed by atoms with E-state index in [2.05, 4.69) is 30.8 Å². The van der Waals surface area contributed by atoms with Gasteiger partial charge in [-0.2, -0.15) is 15.1 Å². The summed E-state index contributed by atoms with van der Waals surface area (Å²) in [6.07, 6.45) is 1.60. The molecule has 0 saturated carbocycles. The second kappa shape index (κ2) is 4.93. The molecule has 0 spiro atoms. The minimum atomic E-state index is -0.425. The van der Waals surface area contributed by atoms with Crippen LogP contribution in [0.25, 0.3) is 11.0 Å². The number of aromatic nitrogens is 4. The monoisotopic (exact) mass is 292 g/mol. The Labute approximate surface area is 118 Å². The molecule has 0 radical (unpaired) electrons. The molecule has 1 aromatic carbocycles. The summed E-state index contributed by atoms with van der Waals surface area (Å²) in [7, 11) is 1.71. The number of H-pyrrole nitrogens is 1. The van der Waals surface area contributed by atoms with Crippen molar-refractivity contribution in [1.29, 1.82) is 0 Å². The molecule has 0 amide bonds. The molecule has 3 rings (SSSR count). The van der Waals surface area contributed by atoms with E-state index in [1.54, 1.807) is 19.3 Å². The molecule has 0 saturated heterocycles. The molecule has 6 nitrogen and oxygen atoms in total. The maximum atomic E-state index is 13.3. The van der Waals surface area contributed by atoms with Crippen LogP contribution in [-0.2, 0) is 0 Å². The SMILES string of the molecule is CNc1nc(Nc2cc(F)cc(Cl)c2)c2cn[nH]c2n1. The van der Waals surface area contributed by atoms with Gasteiger partial charge in [0.15, 0.2) is 5.65 Å². The zero-order chi connectivity index (χ0) is 14.1. The molecule has 102 valence electrons. The van der Waals surface area contributed by atoms with Crippen LogP contribution >= 0.6 is 11.6 Å². The van der Waals surface area contributed by atoms with Gasteiger partial charge in [0.05, 0.1) is 11.6 Å². The summed E-state index contributed by atoms with van der Waals surface area (Å²) < 4.78 is 13.3. The highest BCUT2D eigenvalue weighted by atomic mass is 35.5. The standard InChI is InChI=1S/C12H10ClFN6/c1-15-12-18-10(9-5-16-20-11(9)19-12)17-8-3-6(13)2-7(14)4-8/h2-5H,1H3,(H3,15,16,17,18,19,20). The number of anilines is 3. The van der Waals surface area contributed by atoms with Crippen molar-refractivity contribution in [3.05, 3.63) is 35.2 Å². The molecule has 0 atom stereocenters. The average molecular weight is 293 g/mol. The number of nitrogens with one attached hydrogen (secondary N) is 3. The zero-order valence-corrected chi connectivity index (χ0v) is 11.2. The summed E-state index contributed by atoms with van der Waals surface area (Å²) in [6.45, 7) is 0. The first-order chi connectivity index (χ1) is 9.65. The first kappa shape index (κ1) is 12.6. The Hall–Kier alpha value is -2.41. The van der Waals surface area contributed by atoms with Crippen LogP contribution in [0.1, 0.15) is 0 Å². The molecule has 2 heterocycles. The van der Waals surface area contributed by atoms with Gasteiger partial charge >= 0.3 is 0 Å². The van der Waals surface area contributed by atoms with E-state index in [0.29, 0.717) is 33.5 Å². The van der Waals surface area contributed by atoms with Crippen LogP contribution in [0.2, 0.25) is 5.02 Å². The lowest BCUT2D eigenvalue weighted by Crippen LogP contribution is -2.01. The van der Waals surface area contributed by atoms with Gasteiger partial charge in [-0.25, -0.2) is 4.39 Å². The second-order valence-corrected chi connectivity index (χ2v) is 4.50. The lowest BCUT2D eigenvalue weighted by atomic mass is 10.3. The van der Waals surface area contributed by atoms with E-state index in [-0.39, 0.29) is 0 Å². The van der Waals surface area contributed by atoms with Crippen molar-refractivity contribution in [2.24, 2.45) is 0 Å². The number of hydrogen-bond acceptors (Lipinski definition) is 5. The number of halogens is 2. The largest absolute Gasteiger partial charge is 0.357 e. The molecule has 0 aliphatic carbocycles. The van der Waals surface area contributed by atoms with Gasteiger partial charge in [-0.3, -0.25) is 5.10 Å². The molecule has 0 unspecified atom stereocenters. The van der Waals surface area contributed by atoms with Crippen LogP contribution in [0.4, 0.5) is 21.8 Å². The maximum absolute atomic E-state index is 13.3. The third-order valence-corrected chi connectivity index (χ3v) is 2.88. The summed E-state index contributed by atoms with van der Waals surface area (Å²) in [5, 5.41) is 13.5. The Bertz CT molecular complexity index is 751. The number of aromatic amines is 1. The first-order valence-electron chi connectivity index (χ1n) is 5.77. The van der Waals surface area contributed by atoms with Crippen molar-refractivity contribution < 1.29 is 4.39 Å². The minimum absolute atomic E-state index is 0.304. The van der Waals surface area contributed by atoms with E-state index < -0.39 is 5.82 Å². The minimum Gasteiger partial charge on any atom is -0.357 e. The van der Waals surface area contributed by atoms with E-state index in [0.717, 1.165) is 0 Å². The summed E-state index contributed by atoms with van der Waals surface area (Å²) in [5.41, 5.74) is 1.08. The van der Waals surface area contributed by atoms with E-state index in [9.17, 15) is 4.39 Å². The van der Waals surface area contributed by atoms with Gasteiger partial charge in [0.1, 0.15) is 11.6 Å². The molecule has 0 aliphatic heterocycles. The highest BCUT2D eigenvalue weighted by Gasteiger charge is 2.10. The van der Waals surface area contributed by atoms with Crippen molar-refractivity contribution in [1.82, 2.24) is 20.2 Å². The van der Waals surface area contributed by atoms with Gasteiger partial charge < -0.3 is 10.6 Å². The van der Waals surface area contributed by atoms with Gasteiger partial charge in [0, 0.05) is 17.8 Å². The molecule has 3 N–H and O–H groups in total. The molecule has 0 aliphatic rings. The molecule has 20 heavy (non-hydrogen) atoms. The van der Waals surface area contributed by atoms with Crippen LogP contribution in [0.5, 0.6) is 0 Å². The van der Waals surface area contributed by atoms with Gasteiger partial charge in [0.2, 0.25) is 5.95 Å². The highest BCUT2D eigenvalue weighted by molar-refractivity contribution is 6.30. The topological polar surface area (TPSA) is 78.5 Å². The fourth-order valence-electron chi connectivity index (χ4n) is 1.80. The second-order valence-electron chi connectivity index (χ2n) is 4.06. The molecule has 2 aromatic heterocycles. The maximum Gasteiger partial charge on any atom is 0.226 e. The van der Waals surface area contributed by atoms with Gasteiger partial charge in [-0.05, 0) is 18.2 Å². The highest BCUT2D eigenvalue weighted by Crippen LogP contribution is 2.26. The first-order valence-corrected chi connectivity index (χ1v) is 6.15. The number of hydrogen-bond donors (Lipinski definition) is 3. The normalized spacial score (nSPS) is 10.8. The third kappa shape index (κ3) is 2.35. The summed E-state index contributed by atoms with van der Waals surface area (Å²) in [4.78, 5) is 8.50. The third-order valence-electron chi connectivity index (χ3n) is 2.66. The fraction of sp³-hybridized carbons (Fsp3) is 0.0833. The number of nitrogens with zero attached hydrogens (tertiary/aromatic N) is 3. The summed E-state index contributed by atoms with van der Waals surface area (Å²) in [5.74, 6) is 0.507. The van der Waals surface area contributed by atoms with Crippen molar-refractivity contribution >= 4 is 40.1 Å². The zero-order valence-electron chi connectivity index (χ0n) is 10.4. The van der Waals surface area contributed by atoms with E-state index >= 15 is 0 Å². The van der Waals surface area contributed by atoms with Crippen LogP contribution in [0.15, 0.2) is 24.4 Å². The van der Waals surface area contributed by atoms with Gasteiger partial charge in [0.25, 0.3) is 0 Å². The number of rotatable bonds is 3. The molecular weight excluding hydrogens is 283 g/mol. The van der Waals surface area contributed by atoms with Crippen molar-refractivity contribution in [3.8, 4) is 0 Å². The van der Waals surface area contributed by atoms with Crippen molar-refractivity contribution in [2.45, 2.75) is 0 Å². The van der Waals surface area contributed by atoms with Crippen LogP contribution in [0.3, 0.4) is 0 Å². The molecule has 0 fully saturated rings. The average Bonchev–Trinajstić information content (AvgIpc) is 2.85. The lowest BCUT2D eigenvalue weighted by molar-refractivity contribution is 0.628. The quantitative estimate of drug-likeness (QED) is 0.692. The Kier molecular flexibility index (Phi) is 3.11. The van der Waals surface area contributed by atoms with Crippen LogP contribution in [-0.4, -0.2) is 27.2 Å². The predicted molar refractivity (Wildman–Crippen MR) is 75.9 cm³/mol. The van der Waals surface area contributed by atoms with E-state index in [1.807, 2.05) is 0 Å². The predicted octanol–water partition coefficient (Wildman–Crippen LogP) is 2.93.